The third-order valence-electron chi connectivity index (χ3n) is 5.21. The maximum atomic E-state index is 12.3. The molecule has 2 heterocycles. The van der Waals surface area contributed by atoms with Crippen molar-refractivity contribution in [1.29, 1.82) is 0 Å². The van der Waals surface area contributed by atoms with Gasteiger partial charge in [-0.15, -0.1) is 11.3 Å². The summed E-state index contributed by atoms with van der Waals surface area (Å²) in [7, 11) is 0. The van der Waals surface area contributed by atoms with E-state index in [1.807, 2.05) is 17.3 Å². The van der Waals surface area contributed by atoms with Gasteiger partial charge in [0.1, 0.15) is 0 Å². The molecule has 0 bridgehead atoms. The number of aromatic nitrogens is 1. The van der Waals surface area contributed by atoms with Gasteiger partial charge in [-0.3, -0.25) is 9.59 Å². The van der Waals surface area contributed by atoms with Gasteiger partial charge in [-0.25, -0.2) is 4.98 Å². The van der Waals surface area contributed by atoms with E-state index >= 15 is 0 Å². The smallest absolute Gasteiger partial charge is 0.225 e. The molecule has 1 aromatic rings. The molecule has 2 amide bonds. The molecule has 2 fully saturated rings. The van der Waals surface area contributed by atoms with Crippen LogP contribution in [-0.4, -0.2) is 40.3 Å². The highest BCUT2D eigenvalue weighted by Crippen LogP contribution is 2.26. The molecule has 0 aromatic carbocycles. The quantitative estimate of drug-likeness (QED) is 0.832. The first-order valence-corrected chi connectivity index (χ1v) is 9.99. The van der Waals surface area contributed by atoms with Gasteiger partial charge >= 0.3 is 0 Å². The normalized spacial score (nSPS) is 22.6. The number of rotatable bonds is 5. The zero-order valence-corrected chi connectivity index (χ0v) is 15.2. The van der Waals surface area contributed by atoms with Crippen LogP contribution in [0.3, 0.4) is 0 Å². The van der Waals surface area contributed by atoms with Crippen molar-refractivity contribution in [3.63, 3.8) is 0 Å². The van der Waals surface area contributed by atoms with E-state index in [0.717, 1.165) is 25.0 Å². The number of aryl methyl sites for hydroxylation is 2. The average molecular weight is 350 g/mol. The predicted octanol–water partition coefficient (Wildman–Crippen LogP) is 2.82. The molecule has 1 saturated heterocycles. The van der Waals surface area contributed by atoms with Crippen molar-refractivity contribution in [3.8, 4) is 0 Å². The van der Waals surface area contributed by atoms with Crippen LogP contribution < -0.4 is 5.32 Å². The molecule has 1 aromatic heterocycles. The first-order chi connectivity index (χ1) is 11.6. The highest BCUT2D eigenvalue weighted by atomic mass is 32.1. The summed E-state index contributed by atoms with van der Waals surface area (Å²) >= 11 is 1.60. The number of amides is 2. The first-order valence-electron chi connectivity index (χ1n) is 9.11. The van der Waals surface area contributed by atoms with E-state index in [1.165, 1.54) is 30.6 Å². The Morgan fingerprint density at radius 1 is 1.33 bits per heavy atom. The largest absolute Gasteiger partial charge is 0.351 e. The zero-order valence-electron chi connectivity index (χ0n) is 14.4. The molecule has 6 heteroatoms. The number of carbonyl (C=O) groups excluding carboxylic acids is 2. The minimum atomic E-state index is -0.0178. The average Bonchev–Trinajstić information content (AvgIpc) is 3.01. The van der Waals surface area contributed by atoms with Crippen LogP contribution >= 0.6 is 11.3 Å². The van der Waals surface area contributed by atoms with Gasteiger partial charge in [0.2, 0.25) is 11.8 Å². The lowest BCUT2D eigenvalue weighted by molar-refractivity contribution is -0.129. The number of thiazole rings is 1. The summed E-state index contributed by atoms with van der Waals surface area (Å²) in [5.74, 6) is 0.258. The van der Waals surface area contributed by atoms with Crippen molar-refractivity contribution in [2.45, 2.75) is 76.8 Å². The number of nitrogens with one attached hydrogen (secondary N) is 1. The maximum absolute atomic E-state index is 12.3. The Kier molecular flexibility index (Phi) is 5.87. The third kappa shape index (κ3) is 4.35. The number of hydrogen-bond donors (Lipinski definition) is 1. The van der Waals surface area contributed by atoms with Gasteiger partial charge in [-0.05, 0) is 26.2 Å². The molecule has 132 valence electrons. The van der Waals surface area contributed by atoms with E-state index in [4.69, 9.17) is 0 Å². The van der Waals surface area contributed by atoms with Crippen LogP contribution in [0.5, 0.6) is 0 Å². The predicted molar refractivity (Wildman–Crippen MR) is 94.9 cm³/mol. The van der Waals surface area contributed by atoms with Gasteiger partial charge < -0.3 is 10.2 Å². The minimum absolute atomic E-state index is 0.0178. The Labute approximate surface area is 147 Å². The second-order valence-corrected chi connectivity index (χ2v) is 7.96. The molecule has 2 aliphatic rings. The fraction of sp³-hybridized carbons (Fsp3) is 0.722. The molecule has 1 aliphatic carbocycles. The summed E-state index contributed by atoms with van der Waals surface area (Å²) in [5.41, 5.74) is 2.84. The van der Waals surface area contributed by atoms with Crippen molar-refractivity contribution in [2.75, 3.05) is 6.54 Å². The minimum Gasteiger partial charge on any atom is -0.351 e. The van der Waals surface area contributed by atoms with E-state index in [0.29, 0.717) is 25.4 Å². The van der Waals surface area contributed by atoms with Crippen LogP contribution in [0.2, 0.25) is 0 Å². The fourth-order valence-corrected chi connectivity index (χ4v) is 4.62. The second-order valence-electron chi connectivity index (χ2n) is 7.02. The summed E-state index contributed by atoms with van der Waals surface area (Å²) in [6.45, 7) is 2.67. The van der Waals surface area contributed by atoms with Gasteiger partial charge in [0.15, 0.2) is 0 Å². The van der Waals surface area contributed by atoms with Crippen molar-refractivity contribution >= 4 is 23.2 Å². The Hall–Kier alpha value is -1.43. The summed E-state index contributed by atoms with van der Waals surface area (Å²) < 4.78 is 0. The van der Waals surface area contributed by atoms with Crippen LogP contribution in [0.25, 0.3) is 0 Å². The van der Waals surface area contributed by atoms with Gasteiger partial charge in [-0.2, -0.15) is 0 Å². The van der Waals surface area contributed by atoms with Crippen molar-refractivity contribution in [2.24, 2.45) is 0 Å². The molecule has 1 aliphatic heterocycles. The lowest BCUT2D eigenvalue weighted by Crippen LogP contribution is -2.40. The van der Waals surface area contributed by atoms with Gasteiger partial charge in [0.05, 0.1) is 17.2 Å². The molecular formula is C18H27N3O2S. The topological polar surface area (TPSA) is 62.3 Å². The van der Waals surface area contributed by atoms with Crippen molar-refractivity contribution in [3.05, 3.63) is 16.1 Å². The Bertz CT molecular complexity index is 579. The first kappa shape index (κ1) is 17.4. The molecule has 0 spiro atoms. The molecule has 1 saturated carbocycles. The number of hydrogen-bond acceptors (Lipinski definition) is 4. The Balaban J connectivity index is 1.46. The van der Waals surface area contributed by atoms with Crippen LogP contribution in [0, 0.1) is 6.92 Å². The summed E-state index contributed by atoms with van der Waals surface area (Å²) in [6, 6.07) is 0.373. The highest BCUT2D eigenvalue weighted by molar-refractivity contribution is 7.09. The van der Waals surface area contributed by atoms with Crippen LogP contribution in [0.1, 0.15) is 61.9 Å². The van der Waals surface area contributed by atoms with Crippen LogP contribution in [-0.2, 0) is 16.0 Å². The monoisotopic (exact) mass is 349 g/mol. The lowest BCUT2D eigenvalue weighted by Gasteiger charge is -2.27. The summed E-state index contributed by atoms with van der Waals surface area (Å²) in [4.78, 5) is 31.9. The molecule has 1 unspecified atom stereocenters. The van der Waals surface area contributed by atoms with Crippen molar-refractivity contribution < 1.29 is 9.59 Å². The highest BCUT2D eigenvalue weighted by Gasteiger charge is 2.34. The summed E-state index contributed by atoms with van der Waals surface area (Å²) in [6.07, 6.45) is 8.92. The van der Waals surface area contributed by atoms with E-state index in [1.54, 1.807) is 11.3 Å². The molecule has 0 radical (unpaired) electrons. The third-order valence-corrected chi connectivity index (χ3v) is 6.21. The van der Waals surface area contributed by atoms with Crippen molar-refractivity contribution in [1.82, 2.24) is 15.2 Å². The second kappa shape index (κ2) is 8.10. The van der Waals surface area contributed by atoms with Crippen LogP contribution in [0.4, 0.5) is 0 Å². The van der Waals surface area contributed by atoms with Crippen LogP contribution in [0.15, 0.2) is 5.51 Å². The summed E-state index contributed by atoms with van der Waals surface area (Å²) in [5, 5.41) is 3.06. The number of carbonyl (C=O) groups is 2. The molecule has 5 nitrogen and oxygen atoms in total. The maximum Gasteiger partial charge on any atom is 0.225 e. The van der Waals surface area contributed by atoms with Gasteiger partial charge in [-0.1, -0.05) is 25.7 Å². The molecular weight excluding hydrogens is 322 g/mol. The molecule has 1 N–H and O–H groups in total. The van der Waals surface area contributed by atoms with Gasteiger partial charge in [0, 0.05) is 30.3 Å². The number of likely N-dealkylation sites (tertiary alicyclic amines) is 1. The Morgan fingerprint density at radius 3 is 2.75 bits per heavy atom. The fourth-order valence-electron chi connectivity index (χ4n) is 3.84. The molecule has 24 heavy (non-hydrogen) atoms. The SMILES string of the molecule is Cc1ncsc1CCC(=O)NC1CC(=O)N(C2CCCCCC2)C1. The van der Waals surface area contributed by atoms with E-state index in [-0.39, 0.29) is 17.9 Å². The number of nitrogens with zero attached hydrogens (tertiary/aromatic N) is 2. The van der Waals surface area contributed by atoms with E-state index in [9.17, 15) is 9.59 Å². The zero-order chi connectivity index (χ0) is 16.9. The molecule has 1 atom stereocenters. The van der Waals surface area contributed by atoms with E-state index in [2.05, 4.69) is 10.3 Å². The standard InChI is InChI=1S/C18H27N3O2S/c1-13-16(24-12-19-13)8-9-17(22)20-14-10-18(23)21(11-14)15-6-4-2-3-5-7-15/h12,14-15H,2-11H2,1H3,(H,20,22). The Morgan fingerprint density at radius 2 is 2.08 bits per heavy atom. The van der Waals surface area contributed by atoms with E-state index < -0.39 is 0 Å². The molecule has 3 rings (SSSR count). The van der Waals surface area contributed by atoms with Gasteiger partial charge in [0.25, 0.3) is 0 Å². The lowest BCUT2D eigenvalue weighted by atomic mass is 10.1.